The van der Waals surface area contributed by atoms with Gasteiger partial charge in [0, 0.05) is 34.0 Å². The van der Waals surface area contributed by atoms with Gasteiger partial charge in [0.15, 0.2) is 11.6 Å². The molecule has 0 fully saturated rings. The summed E-state index contributed by atoms with van der Waals surface area (Å²) >= 11 is 0. The fourth-order valence-electron chi connectivity index (χ4n) is 3.18. The Labute approximate surface area is 147 Å². The normalized spacial score (nSPS) is 12.7. The predicted octanol–water partition coefficient (Wildman–Crippen LogP) is 1.67. The van der Waals surface area contributed by atoms with Crippen molar-refractivity contribution in [2.24, 2.45) is 0 Å². The molecule has 128 valence electrons. The lowest BCUT2D eigenvalue weighted by molar-refractivity contribution is 0.0979. The van der Waals surface area contributed by atoms with E-state index in [1.165, 1.54) is 10.8 Å². The number of fused-ring (bicyclic) bond motifs is 2. The average Bonchev–Trinajstić information content (AvgIpc) is 2.64. The Morgan fingerprint density at radius 3 is 2.15 bits per heavy atom. The minimum absolute atomic E-state index is 0.182. The molecule has 0 saturated heterocycles. The molecule has 1 aliphatic carbocycles. The van der Waals surface area contributed by atoms with Gasteiger partial charge in [-0.05, 0) is 24.6 Å². The van der Waals surface area contributed by atoms with Crippen molar-refractivity contribution < 1.29 is 9.59 Å². The third kappa shape index (κ3) is 2.43. The van der Waals surface area contributed by atoms with E-state index in [1.807, 2.05) is 0 Å². The van der Waals surface area contributed by atoms with Gasteiger partial charge in [0.05, 0.1) is 6.54 Å². The zero-order valence-corrected chi connectivity index (χ0v) is 13.9. The molecule has 4 rings (SSSR count). The summed E-state index contributed by atoms with van der Waals surface area (Å²) < 4.78 is 1.36. The number of hydrogen-bond donors (Lipinski definition) is 1. The molecule has 26 heavy (non-hydrogen) atoms. The van der Waals surface area contributed by atoms with E-state index in [9.17, 15) is 19.2 Å². The van der Waals surface area contributed by atoms with Crippen molar-refractivity contribution in [3.63, 3.8) is 0 Å². The molecule has 0 spiro atoms. The zero-order valence-electron chi connectivity index (χ0n) is 13.9. The monoisotopic (exact) mass is 346 g/mol. The van der Waals surface area contributed by atoms with Crippen LogP contribution in [-0.2, 0) is 6.54 Å². The molecule has 0 atom stereocenters. The number of carbonyl (C=O) groups is 2. The van der Waals surface area contributed by atoms with E-state index in [4.69, 9.17) is 0 Å². The van der Waals surface area contributed by atoms with Gasteiger partial charge in [-0.25, -0.2) is 4.79 Å². The van der Waals surface area contributed by atoms with Crippen LogP contribution >= 0.6 is 0 Å². The molecule has 1 aromatic heterocycles. The molecule has 0 aliphatic heterocycles. The molecule has 6 heteroatoms. The van der Waals surface area contributed by atoms with Gasteiger partial charge in [-0.1, -0.05) is 30.3 Å². The highest BCUT2D eigenvalue weighted by Crippen LogP contribution is 2.27. The van der Waals surface area contributed by atoms with Crippen LogP contribution in [0.4, 0.5) is 0 Å². The Balaban J connectivity index is 1.78. The standard InChI is InChI=1S/C20H14N2O4/c1-11-9-22(20(26)21-19(11)25)10-12-6-7-15-16(8-12)18(24)14-5-3-2-4-13(14)17(15)23/h2-9H,10H2,1H3,(H,21,25,26). The molecule has 1 N–H and O–H groups in total. The number of rotatable bonds is 2. The second-order valence-electron chi connectivity index (χ2n) is 6.28. The Hall–Kier alpha value is -3.54. The van der Waals surface area contributed by atoms with Gasteiger partial charge in [0.2, 0.25) is 0 Å². The molecule has 0 saturated carbocycles. The summed E-state index contributed by atoms with van der Waals surface area (Å²) in [5.74, 6) is -0.388. The number of aryl methyl sites for hydroxylation is 1. The fraction of sp³-hybridized carbons (Fsp3) is 0.100. The summed E-state index contributed by atoms with van der Waals surface area (Å²) in [4.78, 5) is 51.0. The number of ketones is 2. The first-order valence-corrected chi connectivity index (χ1v) is 8.07. The first-order chi connectivity index (χ1) is 12.5. The van der Waals surface area contributed by atoms with Crippen LogP contribution in [0.1, 0.15) is 43.0 Å². The molecular weight excluding hydrogens is 332 g/mol. The molecule has 0 unspecified atom stereocenters. The van der Waals surface area contributed by atoms with Crippen molar-refractivity contribution in [3.8, 4) is 0 Å². The summed E-state index contributed by atoms with van der Waals surface area (Å²) in [5, 5.41) is 0. The first kappa shape index (κ1) is 16.0. The Kier molecular flexibility index (Phi) is 3.54. The largest absolute Gasteiger partial charge is 0.328 e. The van der Waals surface area contributed by atoms with Crippen molar-refractivity contribution in [1.29, 1.82) is 0 Å². The quantitative estimate of drug-likeness (QED) is 0.598. The Morgan fingerprint density at radius 1 is 0.846 bits per heavy atom. The van der Waals surface area contributed by atoms with Crippen molar-refractivity contribution in [2.75, 3.05) is 0 Å². The molecular formula is C20H14N2O4. The second kappa shape index (κ2) is 5.77. The highest BCUT2D eigenvalue weighted by molar-refractivity contribution is 6.28. The van der Waals surface area contributed by atoms with Crippen LogP contribution in [0.25, 0.3) is 0 Å². The molecule has 6 nitrogen and oxygen atoms in total. The Bertz CT molecular complexity index is 1200. The summed E-state index contributed by atoms with van der Waals surface area (Å²) in [6.07, 6.45) is 1.48. The van der Waals surface area contributed by atoms with Crippen LogP contribution in [0.15, 0.2) is 58.3 Å². The lowest BCUT2D eigenvalue weighted by Crippen LogP contribution is -2.31. The van der Waals surface area contributed by atoms with Gasteiger partial charge in [0.1, 0.15) is 0 Å². The minimum atomic E-state index is -0.522. The maximum absolute atomic E-state index is 12.8. The van der Waals surface area contributed by atoms with Crippen molar-refractivity contribution in [2.45, 2.75) is 13.5 Å². The maximum Gasteiger partial charge on any atom is 0.328 e. The van der Waals surface area contributed by atoms with Crippen LogP contribution in [-0.4, -0.2) is 21.1 Å². The Morgan fingerprint density at radius 2 is 1.46 bits per heavy atom. The minimum Gasteiger partial charge on any atom is -0.296 e. The number of carbonyl (C=O) groups excluding carboxylic acids is 2. The summed E-state index contributed by atoms with van der Waals surface area (Å²) in [6, 6.07) is 11.7. The lowest BCUT2D eigenvalue weighted by atomic mass is 9.83. The SMILES string of the molecule is Cc1cn(Cc2ccc3c(c2)C(=O)c2ccccc2C3=O)c(=O)[nH]c1=O. The fourth-order valence-corrected chi connectivity index (χ4v) is 3.18. The average molecular weight is 346 g/mol. The molecule has 1 aliphatic rings. The second-order valence-corrected chi connectivity index (χ2v) is 6.28. The molecule has 0 radical (unpaired) electrons. The van der Waals surface area contributed by atoms with Crippen LogP contribution < -0.4 is 11.2 Å². The maximum atomic E-state index is 12.8. The van der Waals surface area contributed by atoms with Crippen molar-refractivity contribution in [1.82, 2.24) is 9.55 Å². The van der Waals surface area contributed by atoms with E-state index in [-0.39, 0.29) is 18.1 Å². The van der Waals surface area contributed by atoms with E-state index < -0.39 is 11.2 Å². The zero-order chi connectivity index (χ0) is 18.4. The summed E-state index contributed by atoms with van der Waals surface area (Å²) in [5.41, 5.74) is 1.66. The number of aromatic nitrogens is 2. The van der Waals surface area contributed by atoms with Gasteiger partial charge in [-0.3, -0.25) is 23.9 Å². The number of H-pyrrole nitrogens is 1. The van der Waals surface area contributed by atoms with E-state index in [0.717, 1.165) is 0 Å². The number of nitrogens with one attached hydrogen (secondary N) is 1. The topological polar surface area (TPSA) is 89.0 Å². The van der Waals surface area contributed by atoms with Crippen molar-refractivity contribution >= 4 is 11.6 Å². The summed E-state index contributed by atoms with van der Waals surface area (Å²) in [6.45, 7) is 1.80. The third-order valence-corrected chi connectivity index (χ3v) is 4.53. The van der Waals surface area contributed by atoms with E-state index in [2.05, 4.69) is 4.98 Å². The van der Waals surface area contributed by atoms with Gasteiger partial charge in [-0.15, -0.1) is 0 Å². The highest BCUT2D eigenvalue weighted by atomic mass is 16.2. The lowest BCUT2D eigenvalue weighted by Gasteiger charge is -2.18. The van der Waals surface area contributed by atoms with Crippen molar-refractivity contribution in [3.05, 3.63) is 103 Å². The smallest absolute Gasteiger partial charge is 0.296 e. The molecule has 3 aromatic rings. The van der Waals surface area contributed by atoms with E-state index in [0.29, 0.717) is 33.4 Å². The number of aromatic amines is 1. The van der Waals surface area contributed by atoms with Gasteiger partial charge >= 0.3 is 5.69 Å². The van der Waals surface area contributed by atoms with Crippen LogP contribution in [0.5, 0.6) is 0 Å². The van der Waals surface area contributed by atoms with Gasteiger partial charge in [-0.2, -0.15) is 0 Å². The number of hydrogen-bond acceptors (Lipinski definition) is 4. The molecule has 0 bridgehead atoms. The van der Waals surface area contributed by atoms with E-state index >= 15 is 0 Å². The van der Waals surface area contributed by atoms with Gasteiger partial charge in [0.25, 0.3) is 5.56 Å². The first-order valence-electron chi connectivity index (χ1n) is 8.07. The van der Waals surface area contributed by atoms with Gasteiger partial charge < -0.3 is 0 Å². The van der Waals surface area contributed by atoms with Crippen LogP contribution in [0.2, 0.25) is 0 Å². The third-order valence-electron chi connectivity index (χ3n) is 4.53. The molecule has 0 amide bonds. The number of benzene rings is 2. The highest BCUT2D eigenvalue weighted by Gasteiger charge is 2.29. The summed E-state index contributed by atoms with van der Waals surface area (Å²) in [7, 11) is 0. The van der Waals surface area contributed by atoms with Crippen LogP contribution in [0.3, 0.4) is 0 Å². The molecule has 2 aromatic carbocycles. The predicted molar refractivity (Wildman–Crippen MR) is 94.9 cm³/mol. The van der Waals surface area contributed by atoms with E-state index in [1.54, 1.807) is 49.4 Å². The molecule has 1 heterocycles. The number of nitrogens with zero attached hydrogens (tertiary/aromatic N) is 1. The van der Waals surface area contributed by atoms with Crippen LogP contribution in [0, 0.1) is 6.92 Å².